The van der Waals surface area contributed by atoms with Gasteiger partial charge in [-0.1, -0.05) is 19.8 Å². The van der Waals surface area contributed by atoms with Gasteiger partial charge in [0.25, 0.3) is 0 Å². The first kappa shape index (κ1) is 10.5. The van der Waals surface area contributed by atoms with Crippen molar-refractivity contribution in [1.29, 1.82) is 0 Å². The first-order valence-corrected chi connectivity index (χ1v) is 5.04. The summed E-state index contributed by atoms with van der Waals surface area (Å²) in [6.45, 7) is 2.28. The van der Waals surface area contributed by atoms with Crippen LogP contribution in [0.2, 0.25) is 0 Å². The highest BCUT2D eigenvalue weighted by Crippen LogP contribution is 2.30. The molecule has 0 radical (unpaired) electrons. The number of rotatable bonds is 3. The molecule has 0 unspecified atom stereocenters. The molecule has 1 aliphatic carbocycles. The van der Waals surface area contributed by atoms with Gasteiger partial charge in [-0.2, -0.15) is 0 Å². The second-order valence-electron chi connectivity index (χ2n) is 4.06. The molecule has 76 valence electrons. The lowest BCUT2D eigenvalue weighted by atomic mass is 9.81. The van der Waals surface area contributed by atoms with E-state index in [0.717, 1.165) is 5.92 Å². The van der Waals surface area contributed by atoms with Crippen LogP contribution in [0, 0.1) is 11.8 Å². The molecule has 3 nitrogen and oxygen atoms in total. The van der Waals surface area contributed by atoms with Crippen molar-refractivity contribution in [2.45, 2.75) is 39.0 Å². The second-order valence-corrected chi connectivity index (χ2v) is 4.06. The summed E-state index contributed by atoms with van der Waals surface area (Å²) in [7, 11) is 1.47. The lowest BCUT2D eigenvalue weighted by Crippen LogP contribution is -2.26. The molecule has 0 bridgehead atoms. The van der Waals surface area contributed by atoms with E-state index in [1.54, 1.807) is 0 Å². The standard InChI is InChI=1S/C10H19NO2/c1-8-3-5-9(6-4-8)7-10(12)11-13-2/h8-9H,3-7H2,1-2H3,(H,11,12). The predicted molar refractivity (Wildman–Crippen MR) is 50.9 cm³/mol. The third-order valence-electron chi connectivity index (χ3n) is 2.83. The Kier molecular flexibility index (Phi) is 4.22. The van der Waals surface area contributed by atoms with E-state index in [0.29, 0.717) is 12.3 Å². The Morgan fingerprint density at radius 3 is 2.54 bits per heavy atom. The minimum Gasteiger partial charge on any atom is -0.277 e. The second kappa shape index (κ2) is 5.22. The zero-order valence-electron chi connectivity index (χ0n) is 8.51. The van der Waals surface area contributed by atoms with E-state index in [-0.39, 0.29) is 5.91 Å². The van der Waals surface area contributed by atoms with Gasteiger partial charge in [-0.25, -0.2) is 5.48 Å². The summed E-state index contributed by atoms with van der Waals surface area (Å²) in [5.74, 6) is 1.44. The maximum atomic E-state index is 11.2. The van der Waals surface area contributed by atoms with Crippen molar-refractivity contribution in [2.24, 2.45) is 11.8 Å². The van der Waals surface area contributed by atoms with Crippen molar-refractivity contribution in [2.75, 3.05) is 7.11 Å². The summed E-state index contributed by atoms with van der Waals surface area (Å²) < 4.78 is 0. The number of carbonyl (C=O) groups is 1. The van der Waals surface area contributed by atoms with Crippen LogP contribution < -0.4 is 5.48 Å². The lowest BCUT2D eigenvalue weighted by Gasteiger charge is -2.25. The smallest absolute Gasteiger partial charge is 0.243 e. The number of hydroxylamine groups is 1. The number of nitrogens with one attached hydrogen (secondary N) is 1. The average Bonchev–Trinajstić information content (AvgIpc) is 2.09. The highest BCUT2D eigenvalue weighted by molar-refractivity contribution is 5.74. The number of amides is 1. The van der Waals surface area contributed by atoms with Gasteiger partial charge in [0.15, 0.2) is 0 Å². The average molecular weight is 185 g/mol. The Balaban J connectivity index is 2.18. The van der Waals surface area contributed by atoms with Crippen LogP contribution in [0.25, 0.3) is 0 Å². The van der Waals surface area contributed by atoms with Gasteiger partial charge in [-0.05, 0) is 24.7 Å². The number of hydrogen-bond donors (Lipinski definition) is 1. The van der Waals surface area contributed by atoms with Crippen LogP contribution in [0.3, 0.4) is 0 Å². The quantitative estimate of drug-likeness (QED) is 0.682. The Hall–Kier alpha value is -0.570. The van der Waals surface area contributed by atoms with E-state index in [1.165, 1.54) is 32.8 Å². The van der Waals surface area contributed by atoms with Gasteiger partial charge >= 0.3 is 0 Å². The van der Waals surface area contributed by atoms with Crippen molar-refractivity contribution < 1.29 is 9.63 Å². The van der Waals surface area contributed by atoms with Crippen molar-refractivity contribution in [3.05, 3.63) is 0 Å². The first-order chi connectivity index (χ1) is 6.22. The van der Waals surface area contributed by atoms with E-state index >= 15 is 0 Å². The molecule has 0 spiro atoms. The topological polar surface area (TPSA) is 38.3 Å². The number of carbonyl (C=O) groups excluding carboxylic acids is 1. The monoisotopic (exact) mass is 185 g/mol. The fourth-order valence-electron chi connectivity index (χ4n) is 1.95. The zero-order chi connectivity index (χ0) is 9.68. The molecule has 1 aliphatic rings. The fourth-order valence-corrected chi connectivity index (χ4v) is 1.95. The summed E-state index contributed by atoms with van der Waals surface area (Å²) in [6, 6.07) is 0. The Morgan fingerprint density at radius 2 is 2.00 bits per heavy atom. The van der Waals surface area contributed by atoms with Crippen molar-refractivity contribution >= 4 is 5.91 Å². The molecule has 0 aromatic heterocycles. The molecule has 0 atom stereocenters. The first-order valence-electron chi connectivity index (χ1n) is 5.04. The summed E-state index contributed by atoms with van der Waals surface area (Å²) in [4.78, 5) is 15.7. The van der Waals surface area contributed by atoms with Gasteiger partial charge in [0.05, 0.1) is 7.11 Å². The van der Waals surface area contributed by atoms with Gasteiger partial charge in [0.2, 0.25) is 5.91 Å². The fraction of sp³-hybridized carbons (Fsp3) is 0.900. The maximum Gasteiger partial charge on any atom is 0.243 e. The van der Waals surface area contributed by atoms with Crippen LogP contribution in [0.4, 0.5) is 0 Å². The molecule has 0 saturated heterocycles. The molecule has 0 aromatic rings. The molecule has 1 fully saturated rings. The normalized spacial score (nSPS) is 28.5. The van der Waals surface area contributed by atoms with Crippen LogP contribution in [-0.2, 0) is 9.63 Å². The molecule has 1 amide bonds. The molecule has 1 saturated carbocycles. The van der Waals surface area contributed by atoms with Crippen LogP contribution in [0.1, 0.15) is 39.0 Å². The largest absolute Gasteiger partial charge is 0.277 e. The van der Waals surface area contributed by atoms with Crippen LogP contribution in [0.15, 0.2) is 0 Å². The van der Waals surface area contributed by atoms with Crippen molar-refractivity contribution in [1.82, 2.24) is 5.48 Å². The van der Waals surface area contributed by atoms with Crippen LogP contribution in [-0.4, -0.2) is 13.0 Å². The van der Waals surface area contributed by atoms with E-state index in [4.69, 9.17) is 0 Å². The molecular weight excluding hydrogens is 166 g/mol. The van der Waals surface area contributed by atoms with Crippen LogP contribution in [0.5, 0.6) is 0 Å². The lowest BCUT2D eigenvalue weighted by molar-refractivity contribution is -0.132. The third kappa shape index (κ3) is 3.77. The van der Waals surface area contributed by atoms with E-state index < -0.39 is 0 Å². The van der Waals surface area contributed by atoms with Crippen LogP contribution >= 0.6 is 0 Å². The van der Waals surface area contributed by atoms with E-state index in [1.807, 2.05) is 0 Å². The SMILES string of the molecule is CONC(=O)CC1CCC(C)CC1. The summed E-state index contributed by atoms with van der Waals surface area (Å²) >= 11 is 0. The van der Waals surface area contributed by atoms with Gasteiger partial charge in [-0.15, -0.1) is 0 Å². The Morgan fingerprint density at radius 1 is 1.38 bits per heavy atom. The summed E-state index contributed by atoms with van der Waals surface area (Å²) in [5, 5.41) is 0. The Bertz CT molecular complexity index is 162. The number of hydrogen-bond acceptors (Lipinski definition) is 2. The molecular formula is C10H19NO2. The highest BCUT2D eigenvalue weighted by atomic mass is 16.6. The van der Waals surface area contributed by atoms with Crippen molar-refractivity contribution in [3.8, 4) is 0 Å². The molecule has 3 heteroatoms. The molecule has 1 rings (SSSR count). The highest BCUT2D eigenvalue weighted by Gasteiger charge is 2.20. The third-order valence-corrected chi connectivity index (χ3v) is 2.83. The summed E-state index contributed by atoms with van der Waals surface area (Å²) in [6.07, 6.45) is 5.55. The minimum atomic E-state index is 0.0158. The van der Waals surface area contributed by atoms with Gasteiger partial charge in [0, 0.05) is 6.42 Å². The van der Waals surface area contributed by atoms with Gasteiger partial charge < -0.3 is 0 Å². The summed E-state index contributed by atoms with van der Waals surface area (Å²) in [5.41, 5.74) is 2.37. The van der Waals surface area contributed by atoms with Gasteiger partial charge in [-0.3, -0.25) is 9.63 Å². The molecule has 0 aliphatic heterocycles. The predicted octanol–water partition coefficient (Wildman–Crippen LogP) is 1.88. The maximum absolute atomic E-state index is 11.2. The minimum absolute atomic E-state index is 0.0158. The van der Waals surface area contributed by atoms with E-state index in [2.05, 4.69) is 17.2 Å². The Labute approximate surface area is 79.8 Å². The zero-order valence-corrected chi connectivity index (χ0v) is 8.51. The molecule has 13 heavy (non-hydrogen) atoms. The molecule has 0 aromatic carbocycles. The molecule has 0 heterocycles. The van der Waals surface area contributed by atoms with E-state index in [9.17, 15) is 4.79 Å². The molecule has 1 N–H and O–H groups in total. The van der Waals surface area contributed by atoms with Crippen molar-refractivity contribution in [3.63, 3.8) is 0 Å². The van der Waals surface area contributed by atoms with Gasteiger partial charge in [0.1, 0.15) is 0 Å².